The maximum Gasteiger partial charge on any atom is 0.272 e. The van der Waals surface area contributed by atoms with Crippen molar-refractivity contribution in [1.82, 2.24) is 24.5 Å². The van der Waals surface area contributed by atoms with Crippen LogP contribution < -0.4 is 4.90 Å². The first-order valence-corrected chi connectivity index (χ1v) is 8.98. The fourth-order valence-electron chi connectivity index (χ4n) is 3.64. The van der Waals surface area contributed by atoms with Gasteiger partial charge in [-0.2, -0.15) is 5.10 Å². The quantitative estimate of drug-likeness (QED) is 0.550. The third-order valence-electron chi connectivity index (χ3n) is 5.03. The van der Waals surface area contributed by atoms with Crippen molar-refractivity contribution in [3.63, 3.8) is 0 Å². The number of amides is 1. The Kier molecular flexibility index (Phi) is 3.71. The molecule has 1 saturated heterocycles. The van der Waals surface area contributed by atoms with Crippen LogP contribution in [0.5, 0.6) is 0 Å². The highest BCUT2D eigenvalue weighted by atomic mass is 16.2. The third kappa shape index (κ3) is 2.68. The number of hydrogen-bond acceptors (Lipinski definition) is 5. The molecule has 134 valence electrons. The predicted octanol–water partition coefficient (Wildman–Crippen LogP) is 2.24. The number of rotatable bonds is 2. The molecule has 5 rings (SSSR count). The minimum absolute atomic E-state index is 0.0106. The van der Waals surface area contributed by atoms with Crippen LogP contribution in [0, 0.1) is 0 Å². The molecule has 0 unspecified atom stereocenters. The van der Waals surface area contributed by atoms with E-state index in [2.05, 4.69) is 20.0 Å². The summed E-state index contributed by atoms with van der Waals surface area (Å²) in [5.41, 5.74) is 2.46. The summed E-state index contributed by atoms with van der Waals surface area (Å²) < 4.78 is 1.70. The van der Waals surface area contributed by atoms with E-state index in [1.807, 2.05) is 53.4 Å². The lowest BCUT2D eigenvalue weighted by Crippen LogP contribution is -2.49. The highest BCUT2D eigenvalue weighted by molar-refractivity contribution is 5.94. The Bertz CT molecular complexity index is 1120. The molecule has 7 nitrogen and oxygen atoms in total. The standard InChI is InChI=1S/C20H18N6O/c27-20(18-7-3-4-15-8-9-23-26(15)18)25-12-10-24(11-13-25)19-16-5-1-2-6-17(16)21-14-22-19/h1-9,14H,10-13H2. The highest BCUT2D eigenvalue weighted by Gasteiger charge is 2.25. The van der Waals surface area contributed by atoms with Crippen molar-refractivity contribution in [2.45, 2.75) is 0 Å². The van der Waals surface area contributed by atoms with E-state index in [1.54, 1.807) is 17.0 Å². The zero-order valence-electron chi connectivity index (χ0n) is 14.7. The molecule has 1 amide bonds. The van der Waals surface area contributed by atoms with Crippen LogP contribution in [0.1, 0.15) is 10.5 Å². The van der Waals surface area contributed by atoms with Crippen LogP contribution in [-0.4, -0.2) is 56.6 Å². The molecular weight excluding hydrogens is 340 g/mol. The number of aromatic nitrogens is 4. The molecule has 0 radical (unpaired) electrons. The molecule has 4 aromatic rings. The van der Waals surface area contributed by atoms with Crippen LogP contribution in [0.3, 0.4) is 0 Å². The normalized spacial score (nSPS) is 14.8. The zero-order chi connectivity index (χ0) is 18.2. The van der Waals surface area contributed by atoms with Gasteiger partial charge in [0.2, 0.25) is 0 Å². The second-order valence-electron chi connectivity index (χ2n) is 6.57. The van der Waals surface area contributed by atoms with Crippen molar-refractivity contribution in [2.75, 3.05) is 31.1 Å². The summed E-state index contributed by atoms with van der Waals surface area (Å²) in [7, 11) is 0. The van der Waals surface area contributed by atoms with Crippen molar-refractivity contribution in [3.05, 3.63) is 66.7 Å². The van der Waals surface area contributed by atoms with Crippen LogP contribution in [0.25, 0.3) is 16.4 Å². The van der Waals surface area contributed by atoms with Gasteiger partial charge in [-0.3, -0.25) is 4.79 Å². The molecule has 7 heteroatoms. The fourth-order valence-corrected chi connectivity index (χ4v) is 3.64. The molecule has 0 aliphatic carbocycles. The minimum atomic E-state index is 0.0106. The summed E-state index contributed by atoms with van der Waals surface area (Å²) in [5.74, 6) is 0.943. The first-order valence-electron chi connectivity index (χ1n) is 8.98. The second kappa shape index (κ2) is 6.35. The molecule has 4 heterocycles. The monoisotopic (exact) mass is 358 g/mol. The van der Waals surface area contributed by atoms with E-state index < -0.39 is 0 Å². The Morgan fingerprint density at radius 1 is 0.889 bits per heavy atom. The number of pyridine rings is 1. The number of piperazine rings is 1. The number of hydrogen-bond donors (Lipinski definition) is 0. The maximum absolute atomic E-state index is 13.0. The van der Waals surface area contributed by atoms with Gasteiger partial charge in [0.15, 0.2) is 0 Å². The molecule has 1 aliphatic rings. The average molecular weight is 358 g/mol. The molecule has 1 aliphatic heterocycles. The Morgan fingerprint density at radius 2 is 1.74 bits per heavy atom. The summed E-state index contributed by atoms with van der Waals surface area (Å²) in [6, 6.07) is 15.6. The van der Waals surface area contributed by atoms with Crippen molar-refractivity contribution in [3.8, 4) is 0 Å². The van der Waals surface area contributed by atoms with Gasteiger partial charge in [0.05, 0.1) is 17.2 Å². The van der Waals surface area contributed by atoms with Crippen LogP contribution >= 0.6 is 0 Å². The lowest BCUT2D eigenvalue weighted by Gasteiger charge is -2.35. The molecule has 0 saturated carbocycles. The molecule has 0 atom stereocenters. The largest absolute Gasteiger partial charge is 0.352 e. The number of para-hydroxylation sites is 1. The third-order valence-corrected chi connectivity index (χ3v) is 5.03. The smallest absolute Gasteiger partial charge is 0.272 e. The van der Waals surface area contributed by atoms with Gasteiger partial charge in [0, 0.05) is 31.6 Å². The van der Waals surface area contributed by atoms with Crippen molar-refractivity contribution in [2.24, 2.45) is 0 Å². The molecule has 1 fully saturated rings. The van der Waals surface area contributed by atoms with Gasteiger partial charge in [-0.15, -0.1) is 0 Å². The van der Waals surface area contributed by atoms with E-state index in [-0.39, 0.29) is 5.91 Å². The summed E-state index contributed by atoms with van der Waals surface area (Å²) in [6.07, 6.45) is 3.32. The number of benzene rings is 1. The van der Waals surface area contributed by atoms with Crippen LogP contribution in [0.2, 0.25) is 0 Å². The molecular formula is C20H18N6O. The zero-order valence-corrected chi connectivity index (χ0v) is 14.7. The van der Waals surface area contributed by atoms with Crippen molar-refractivity contribution in [1.29, 1.82) is 0 Å². The number of fused-ring (bicyclic) bond motifs is 2. The summed E-state index contributed by atoms with van der Waals surface area (Å²) >= 11 is 0. The molecule has 1 aromatic carbocycles. The van der Waals surface area contributed by atoms with Crippen molar-refractivity contribution >= 4 is 28.1 Å². The van der Waals surface area contributed by atoms with Gasteiger partial charge in [-0.25, -0.2) is 14.5 Å². The van der Waals surface area contributed by atoms with Crippen LogP contribution in [0.15, 0.2) is 61.1 Å². The molecule has 0 bridgehead atoms. The summed E-state index contributed by atoms with van der Waals surface area (Å²) in [5, 5.41) is 5.32. The van der Waals surface area contributed by atoms with Gasteiger partial charge in [0.1, 0.15) is 17.8 Å². The lowest BCUT2D eigenvalue weighted by molar-refractivity contribution is 0.0738. The molecule has 0 N–H and O–H groups in total. The molecule has 0 spiro atoms. The lowest BCUT2D eigenvalue weighted by atomic mass is 10.2. The number of carbonyl (C=O) groups excluding carboxylic acids is 1. The Balaban J connectivity index is 1.37. The van der Waals surface area contributed by atoms with Gasteiger partial charge in [0.25, 0.3) is 5.91 Å². The van der Waals surface area contributed by atoms with Gasteiger partial charge in [-0.1, -0.05) is 18.2 Å². The van der Waals surface area contributed by atoms with Crippen LogP contribution in [-0.2, 0) is 0 Å². The van der Waals surface area contributed by atoms with Gasteiger partial charge >= 0.3 is 0 Å². The fraction of sp³-hybridized carbons (Fsp3) is 0.200. The minimum Gasteiger partial charge on any atom is -0.352 e. The van der Waals surface area contributed by atoms with Gasteiger partial charge < -0.3 is 9.80 Å². The van der Waals surface area contributed by atoms with E-state index in [0.717, 1.165) is 35.3 Å². The Hall–Kier alpha value is -3.48. The second-order valence-corrected chi connectivity index (χ2v) is 6.57. The predicted molar refractivity (Wildman–Crippen MR) is 103 cm³/mol. The SMILES string of the molecule is O=C(c1cccc2ccnn12)N1CCN(c2ncnc3ccccc23)CC1. The molecule has 3 aromatic heterocycles. The topological polar surface area (TPSA) is 66.6 Å². The maximum atomic E-state index is 13.0. The summed E-state index contributed by atoms with van der Waals surface area (Å²) in [4.78, 5) is 25.9. The van der Waals surface area contributed by atoms with E-state index in [4.69, 9.17) is 0 Å². The van der Waals surface area contributed by atoms with Crippen LogP contribution in [0.4, 0.5) is 5.82 Å². The molecule has 27 heavy (non-hydrogen) atoms. The first-order chi connectivity index (χ1) is 13.3. The Morgan fingerprint density at radius 3 is 2.63 bits per heavy atom. The van der Waals surface area contributed by atoms with Gasteiger partial charge in [-0.05, 0) is 30.3 Å². The average Bonchev–Trinajstić information content (AvgIpc) is 3.22. The first kappa shape index (κ1) is 15.7. The van der Waals surface area contributed by atoms with E-state index in [1.165, 1.54) is 0 Å². The number of carbonyl (C=O) groups is 1. The van der Waals surface area contributed by atoms with E-state index in [9.17, 15) is 4.79 Å². The number of anilines is 1. The van der Waals surface area contributed by atoms with E-state index >= 15 is 0 Å². The highest BCUT2D eigenvalue weighted by Crippen LogP contribution is 2.24. The van der Waals surface area contributed by atoms with Crippen molar-refractivity contribution < 1.29 is 4.79 Å². The Labute approximate surface area is 155 Å². The van der Waals surface area contributed by atoms with E-state index in [0.29, 0.717) is 18.8 Å². The number of nitrogens with zero attached hydrogens (tertiary/aromatic N) is 6. The summed E-state index contributed by atoms with van der Waals surface area (Å²) in [6.45, 7) is 2.77.